The summed E-state index contributed by atoms with van der Waals surface area (Å²) < 4.78 is 27.2. The predicted octanol–water partition coefficient (Wildman–Crippen LogP) is 3.26. The Balaban J connectivity index is 1.73. The van der Waals surface area contributed by atoms with Crippen molar-refractivity contribution in [1.82, 2.24) is 19.7 Å². The zero-order valence-corrected chi connectivity index (χ0v) is 16.0. The van der Waals surface area contributed by atoms with Gasteiger partial charge >= 0.3 is 0 Å². The summed E-state index contributed by atoms with van der Waals surface area (Å²) in [7, 11) is 0. The third-order valence-corrected chi connectivity index (χ3v) is 5.11. The van der Waals surface area contributed by atoms with Gasteiger partial charge in [-0.2, -0.15) is 4.98 Å². The highest BCUT2D eigenvalue weighted by Gasteiger charge is 2.31. The molecule has 4 rings (SSSR count). The first-order chi connectivity index (χ1) is 13.0. The summed E-state index contributed by atoms with van der Waals surface area (Å²) in [4.78, 5) is 8.68. The Morgan fingerprint density at radius 2 is 2.19 bits per heavy atom. The molecule has 2 aliphatic rings. The molecule has 10 heteroatoms. The van der Waals surface area contributed by atoms with Crippen LogP contribution in [0.2, 0.25) is 5.02 Å². The Morgan fingerprint density at radius 1 is 1.33 bits per heavy atom. The summed E-state index contributed by atoms with van der Waals surface area (Å²) in [5.74, 6) is 1.34. The van der Waals surface area contributed by atoms with Gasteiger partial charge in [-0.25, -0.2) is 9.37 Å². The Labute approximate surface area is 161 Å². The molecule has 3 unspecified atom stereocenters. The summed E-state index contributed by atoms with van der Waals surface area (Å²) in [5, 5.41) is 11.4. The fraction of sp³-hybridized carbons (Fsp3) is 0.588. The van der Waals surface area contributed by atoms with Gasteiger partial charge in [-0.3, -0.25) is 4.68 Å². The van der Waals surface area contributed by atoms with Crippen molar-refractivity contribution < 1.29 is 13.9 Å². The van der Waals surface area contributed by atoms with Gasteiger partial charge in [-0.15, -0.1) is 5.10 Å². The smallest absolute Gasteiger partial charge is 0.257 e. The van der Waals surface area contributed by atoms with E-state index in [1.165, 1.54) is 0 Å². The zero-order valence-electron chi connectivity index (χ0n) is 15.2. The lowest BCUT2D eigenvalue weighted by Gasteiger charge is -2.27. The van der Waals surface area contributed by atoms with E-state index in [1.54, 1.807) is 10.9 Å². The molecular weight excluding hydrogens is 375 g/mol. The summed E-state index contributed by atoms with van der Waals surface area (Å²) in [6.07, 6.45) is 1.72. The molecule has 8 nitrogen and oxygen atoms in total. The molecule has 2 aromatic rings. The van der Waals surface area contributed by atoms with Crippen molar-refractivity contribution >= 4 is 29.1 Å². The standard InChI is InChI=1S/C17H22ClFN6O2/c1-9-3-6-27-16-14(22-17-20-7-11(18)15(21-9)23-17)10(2)25(24-16)13-4-5-26-8-12(13)19/h7,9,12-13H,3-6,8H2,1-2H3,(H2,20,21,22,23). The van der Waals surface area contributed by atoms with Crippen LogP contribution < -0.4 is 15.4 Å². The zero-order chi connectivity index (χ0) is 19.0. The molecule has 0 spiro atoms. The summed E-state index contributed by atoms with van der Waals surface area (Å²) in [6.45, 7) is 4.94. The van der Waals surface area contributed by atoms with Crippen LogP contribution in [0.15, 0.2) is 6.20 Å². The lowest BCUT2D eigenvalue weighted by Crippen LogP contribution is -2.32. The Bertz CT molecular complexity index is 832. The maximum absolute atomic E-state index is 14.4. The molecule has 2 aromatic heterocycles. The normalized spacial score (nSPS) is 25.4. The number of hydrogen-bond donors (Lipinski definition) is 2. The molecule has 2 bridgehead atoms. The Hall–Kier alpha value is -2.13. The average Bonchev–Trinajstić information content (AvgIpc) is 2.93. The minimum absolute atomic E-state index is 0.0791. The van der Waals surface area contributed by atoms with E-state index in [1.807, 2.05) is 13.8 Å². The van der Waals surface area contributed by atoms with E-state index in [2.05, 4.69) is 25.7 Å². The molecule has 0 radical (unpaired) electrons. The van der Waals surface area contributed by atoms with Gasteiger partial charge in [0.2, 0.25) is 5.95 Å². The van der Waals surface area contributed by atoms with Crippen molar-refractivity contribution in [1.29, 1.82) is 0 Å². The lowest BCUT2D eigenvalue weighted by atomic mass is 10.1. The van der Waals surface area contributed by atoms with Crippen LogP contribution in [0, 0.1) is 6.92 Å². The maximum atomic E-state index is 14.4. The van der Waals surface area contributed by atoms with Crippen molar-refractivity contribution in [2.45, 2.75) is 44.9 Å². The average molecular weight is 397 g/mol. The van der Waals surface area contributed by atoms with Gasteiger partial charge in [0.25, 0.3) is 5.88 Å². The Kier molecular flexibility index (Phi) is 5.05. The van der Waals surface area contributed by atoms with Crippen molar-refractivity contribution in [2.24, 2.45) is 0 Å². The number of halogens is 2. The van der Waals surface area contributed by atoms with E-state index in [9.17, 15) is 4.39 Å². The number of nitrogens with zero attached hydrogens (tertiary/aromatic N) is 4. The number of alkyl halides is 1. The number of hydrogen-bond acceptors (Lipinski definition) is 7. The molecule has 0 aliphatic carbocycles. The third kappa shape index (κ3) is 3.66. The van der Waals surface area contributed by atoms with Crippen LogP contribution >= 0.6 is 11.6 Å². The van der Waals surface area contributed by atoms with Crippen molar-refractivity contribution in [3.05, 3.63) is 16.9 Å². The monoisotopic (exact) mass is 396 g/mol. The van der Waals surface area contributed by atoms with Gasteiger partial charge in [0.15, 0.2) is 5.82 Å². The number of fused-ring (bicyclic) bond motifs is 3. The molecule has 0 amide bonds. The number of ether oxygens (including phenoxy) is 2. The second-order valence-electron chi connectivity index (χ2n) is 6.85. The van der Waals surface area contributed by atoms with Gasteiger partial charge in [0.1, 0.15) is 16.9 Å². The number of anilines is 3. The van der Waals surface area contributed by atoms with Crippen LogP contribution in [-0.4, -0.2) is 51.8 Å². The summed E-state index contributed by atoms with van der Waals surface area (Å²) in [5.41, 5.74) is 1.40. The quantitative estimate of drug-likeness (QED) is 0.765. The van der Waals surface area contributed by atoms with Crippen LogP contribution in [0.1, 0.15) is 31.5 Å². The number of aromatic nitrogens is 4. The SMILES string of the molecule is Cc1c2c(nn1C1CCOCC1F)OCCC(C)Nc1nc(ncc1Cl)N2. The predicted molar refractivity (Wildman–Crippen MR) is 99.9 cm³/mol. The lowest BCUT2D eigenvalue weighted by molar-refractivity contribution is -0.000994. The topological polar surface area (TPSA) is 86.1 Å². The molecule has 1 fully saturated rings. The van der Waals surface area contributed by atoms with E-state index < -0.39 is 6.17 Å². The fourth-order valence-corrected chi connectivity index (χ4v) is 3.45. The third-order valence-electron chi connectivity index (χ3n) is 4.84. The molecule has 2 N–H and O–H groups in total. The van der Waals surface area contributed by atoms with E-state index in [4.69, 9.17) is 21.1 Å². The summed E-state index contributed by atoms with van der Waals surface area (Å²) in [6, 6.07) is -0.285. The van der Waals surface area contributed by atoms with Crippen LogP contribution in [0.25, 0.3) is 0 Å². The van der Waals surface area contributed by atoms with Gasteiger partial charge in [-0.1, -0.05) is 11.6 Å². The first kappa shape index (κ1) is 18.2. The van der Waals surface area contributed by atoms with Gasteiger partial charge < -0.3 is 20.1 Å². The Morgan fingerprint density at radius 3 is 3.00 bits per heavy atom. The van der Waals surface area contributed by atoms with Crippen molar-refractivity contribution in [2.75, 3.05) is 30.5 Å². The molecule has 4 heterocycles. The number of nitrogens with one attached hydrogen (secondary N) is 2. The fourth-order valence-electron chi connectivity index (χ4n) is 3.31. The van der Waals surface area contributed by atoms with Crippen molar-refractivity contribution in [3.63, 3.8) is 0 Å². The van der Waals surface area contributed by atoms with Gasteiger partial charge in [0, 0.05) is 19.1 Å². The summed E-state index contributed by atoms with van der Waals surface area (Å²) >= 11 is 6.19. The molecular formula is C17H22ClFN6O2. The maximum Gasteiger partial charge on any atom is 0.257 e. The van der Waals surface area contributed by atoms with Crippen LogP contribution in [0.3, 0.4) is 0 Å². The highest BCUT2D eigenvalue weighted by molar-refractivity contribution is 6.32. The molecule has 27 heavy (non-hydrogen) atoms. The highest BCUT2D eigenvalue weighted by Crippen LogP contribution is 2.35. The van der Waals surface area contributed by atoms with E-state index >= 15 is 0 Å². The van der Waals surface area contributed by atoms with Gasteiger partial charge in [-0.05, 0) is 20.3 Å². The van der Waals surface area contributed by atoms with E-state index in [-0.39, 0.29) is 18.7 Å². The molecule has 146 valence electrons. The highest BCUT2D eigenvalue weighted by atomic mass is 35.5. The van der Waals surface area contributed by atoms with E-state index in [0.29, 0.717) is 48.0 Å². The number of rotatable bonds is 1. The van der Waals surface area contributed by atoms with Crippen molar-refractivity contribution in [3.8, 4) is 5.88 Å². The minimum Gasteiger partial charge on any atom is -0.475 e. The molecule has 3 atom stereocenters. The van der Waals surface area contributed by atoms with Crippen LogP contribution in [0.4, 0.5) is 21.8 Å². The minimum atomic E-state index is -1.11. The molecule has 0 aromatic carbocycles. The first-order valence-corrected chi connectivity index (χ1v) is 9.40. The molecule has 0 saturated carbocycles. The molecule has 2 aliphatic heterocycles. The van der Waals surface area contributed by atoms with Gasteiger partial charge in [0.05, 0.1) is 31.1 Å². The second-order valence-corrected chi connectivity index (χ2v) is 7.26. The first-order valence-electron chi connectivity index (χ1n) is 9.02. The second kappa shape index (κ2) is 7.47. The van der Waals surface area contributed by atoms with Crippen LogP contribution in [0.5, 0.6) is 5.88 Å². The molecule has 1 saturated heterocycles. The van der Waals surface area contributed by atoms with E-state index in [0.717, 1.165) is 12.1 Å². The van der Waals surface area contributed by atoms with Crippen LogP contribution in [-0.2, 0) is 4.74 Å². The largest absolute Gasteiger partial charge is 0.475 e.